The topological polar surface area (TPSA) is 33.5 Å². The van der Waals surface area contributed by atoms with E-state index in [-0.39, 0.29) is 17.3 Å². The average molecular weight is 292 g/mol. The highest BCUT2D eigenvalue weighted by Gasteiger charge is 2.30. The van der Waals surface area contributed by atoms with Gasteiger partial charge < -0.3 is 9.32 Å². The summed E-state index contributed by atoms with van der Waals surface area (Å²) in [5.74, 6) is -0.00694. The van der Waals surface area contributed by atoms with E-state index in [1.165, 1.54) is 0 Å². The Morgan fingerprint density at radius 2 is 2.05 bits per heavy atom. The molecule has 1 heterocycles. The fourth-order valence-electron chi connectivity index (χ4n) is 2.99. The molecule has 4 heteroatoms. The quantitative estimate of drug-likeness (QED) is 0.782. The van der Waals surface area contributed by atoms with Crippen LogP contribution >= 0.6 is 11.6 Å². The van der Waals surface area contributed by atoms with Crippen molar-refractivity contribution >= 4 is 28.5 Å². The molecule has 0 radical (unpaired) electrons. The molecule has 2 aromatic rings. The highest BCUT2D eigenvalue weighted by molar-refractivity contribution is 6.21. The van der Waals surface area contributed by atoms with Crippen LogP contribution in [0.2, 0.25) is 0 Å². The van der Waals surface area contributed by atoms with Crippen LogP contribution in [0.1, 0.15) is 36.0 Å². The molecular formula is C16H18ClNO2. The molecule has 2 unspecified atom stereocenters. The van der Waals surface area contributed by atoms with Gasteiger partial charge in [0.05, 0.1) is 10.9 Å². The fraction of sp³-hybridized carbons (Fsp3) is 0.438. The first-order valence-corrected chi connectivity index (χ1v) is 7.49. The predicted molar refractivity (Wildman–Crippen MR) is 80.2 cm³/mol. The van der Waals surface area contributed by atoms with Gasteiger partial charge in [0.1, 0.15) is 11.8 Å². The maximum absolute atomic E-state index is 12.7. The molecule has 0 bridgehead atoms. The summed E-state index contributed by atoms with van der Waals surface area (Å²) in [6.07, 6.45) is 5.80. The van der Waals surface area contributed by atoms with Gasteiger partial charge in [-0.2, -0.15) is 0 Å². The molecule has 3 rings (SSSR count). The molecule has 1 saturated carbocycles. The molecule has 1 aromatic carbocycles. The first kappa shape index (κ1) is 13.5. The first-order chi connectivity index (χ1) is 9.68. The predicted octanol–water partition coefficient (Wildman–Crippen LogP) is 4.05. The summed E-state index contributed by atoms with van der Waals surface area (Å²) in [4.78, 5) is 14.5. The minimum Gasteiger partial charge on any atom is -0.463 e. The molecule has 106 valence electrons. The monoisotopic (exact) mass is 291 g/mol. The zero-order valence-electron chi connectivity index (χ0n) is 11.5. The van der Waals surface area contributed by atoms with Crippen molar-refractivity contribution in [2.45, 2.75) is 37.1 Å². The minimum absolute atomic E-state index is 0.00694. The van der Waals surface area contributed by atoms with Gasteiger partial charge in [-0.25, -0.2) is 0 Å². The van der Waals surface area contributed by atoms with Crippen molar-refractivity contribution in [2.75, 3.05) is 7.05 Å². The number of amides is 1. The Labute approximate surface area is 123 Å². The largest absolute Gasteiger partial charge is 0.463 e. The molecule has 0 aliphatic heterocycles. The SMILES string of the molecule is CN(C(=O)c1coc2ccccc12)C1CCCCC1Cl. The van der Waals surface area contributed by atoms with Crippen molar-refractivity contribution < 1.29 is 9.21 Å². The van der Waals surface area contributed by atoms with E-state index in [1.54, 1.807) is 11.2 Å². The highest BCUT2D eigenvalue weighted by Crippen LogP contribution is 2.29. The van der Waals surface area contributed by atoms with Crippen LogP contribution in [0.3, 0.4) is 0 Å². The molecule has 20 heavy (non-hydrogen) atoms. The van der Waals surface area contributed by atoms with Gasteiger partial charge in [-0.3, -0.25) is 4.79 Å². The van der Waals surface area contributed by atoms with Crippen molar-refractivity contribution in [2.24, 2.45) is 0 Å². The molecule has 1 aliphatic rings. The molecule has 0 saturated heterocycles. The lowest BCUT2D eigenvalue weighted by atomic mass is 9.93. The zero-order chi connectivity index (χ0) is 14.1. The highest BCUT2D eigenvalue weighted by atomic mass is 35.5. The Morgan fingerprint density at radius 3 is 2.85 bits per heavy atom. The van der Waals surface area contributed by atoms with Gasteiger partial charge in [0.25, 0.3) is 5.91 Å². The van der Waals surface area contributed by atoms with Crippen LogP contribution in [0.15, 0.2) is 34.9 Å². The standard InChI is InChI=1S/C16H18ClNO2/c1-18(14-8-4-3-7-13(14)17)16(19)12-10-20-15-9-5-2-6-11(12)15/h2,5-6,9-10,13-14H,3-4,7-8H2,1H3. The summed E-state index contributed by atoms with van der Waals surface area (Å²) < 4.78 is 5.45. The van der Waals surface area contributed by atoms with E-state index in [2.05, 4.69) is 0 Å². The van der Waals surface area contributed by atoms with E-state index in [0.717, 1.165) is 36.7 Å². The number of carbonyl (C=O) groups excluding carboxylic acids is 1. The Kier molecular flexibility index (Phi) is 3.70. The second-order valence-corrected chi connectivity index (χ2v) is 5.99. The number of benzene rings is 1. The van der Waals surface area contributed by atoms with Crippen molar-refractivity contribution in [3.8, 4) is 0 Å². The zero-order valence-corrected chi connectivity index (χ0v) is 12.3. The number of hydrogen-bond acceptors (Lipinski definition) is 2. The third kappa shape index (κ3) is 2.31. The van der Waals surface area contributed by atoms with Crippen molar-refractivity contribution in [1.29, 1.82) is 0 Å². The van der Waals surface area contributed by atoms with Crippen molar-refractivity contribution in [1.82, 2.24) is 4.90 Å². The van der Waals surface area contributed by atoms with E-state index in [9.17, 15) is 4.79 Å². The number of para-hydroxylation sites is 1. The lowest BCUT2D eigenvalue weighted by Gasteiger charge is -2.34. The molecule has 2 atom stereocenters. The van der Waals surface area contributed by atoms with Crippen LogP contribution in [-0.4, -0.2) is 29.3 Å². The molecule has 3 nitrogen and oxygen atoms in total. The summed E-state index contributed by atoms with van der Waals surface area (Å²) >= 11 is 6.38. The van der Waals surface area contributed by atoms with E-state index in [0.29, 0.717) is 5.56 Å². The Hall–Kier alpha value is -1.48. The number of rotatable bonds is 2. The smallest absolute Gasteiger partial charge is 0.257 e. The summed E-state index contributed by atoms with van der Waals surface area (Å²) in [6.45, 7) is 0. The third-order valence-electron chi connectivity index (χ3n) is 4.18. The van der Waals surface area contributed by atoms with Crippen LogP contribution in [0, 0.1) is 0 Å². The average Bonchev–Trinajstić information content (AvgIpc) is 2.90. The molecule has 1 aromatic heterocycles. The number of carbonyl (C=O) groups is 1. The van der Waals surface area contributed by atoms with Gasteiger partial charge in [-0.15, -0.1) is 11.6 Å². The summed E-state index contributed by atoms with van der Waals surface area (Å²) in [5.41, 5.74) is 1.37. The fourth-order valence-corrected chi connectivity index (χ4v) is 3.44. The lowest BCUT2D eigenvalue weighted by molar-refractivity contribution is 0.0701. The van der Waals surface area contributed by atoms with E-state index < -0.39 is 0 Å². The molecule has 0 spiro atoms. The number of fused-ring (bicyclic) bond motifs is 1. The molecule has 1 aliphatic carbocycles. The Balaban J connectivity index is 1.88. The van der Waals surface area contributed by atoms with Crippen molar-refractivity contribution in [3.63, 3.8) is 0 Å². The van der Waals surface area contributed by atoms with Gasteiger partial charge >= 0.3 is 0 Å². The van der Waals surface area contributed by atoms with Crippen LogP contribution in [0.5, 0.6) is 0 Å². The lowest BCUT2D eigenvalue weighted by Crippen LogP contribution is -2.44. The number of halogens is 1. The normalized spacial score (nSPS) is 22.9. The minimum atomic E-state index is -0.00694. The maximum atomic E-state index is 12.7. The van der Waals surface area contributed by atoms with Gasteiger partial charge in [0.15, 0.2) is 0 Å². The van der Waals surface area contributed by atoms with E-state index in [1.807, 2.05) is 31.3 Å². The van der Waals surface area contributed by atoms with Crippen LogP contribution in [0.25, 0.3) is 11.0 Å². The molecular weight excluding hydrogens is 274 g/mol. The molecule has 0 N–H and O–H groups in total. The van der Waals surface area contributed by atoms with Crippen molar-refractivity contribution in [3.05, 3.63) is 36.1 Å². The van der Waals surface area contributed by atoms with E-state index >= 15 is 0 Å². The number of nitrogens with zero attached hydrogens (tertiary/aromatic N) is 1. The second-order valence-electron chi connectivity index (χ2n) is 5.43. The van der Waals surface area contributed by atoms with Gasteiger partial charge in [-0.05, 0) is 18.9 Å². The Morgan fingerprint density at radius 1 is 1.30 bits per heavy atom. The van der Waals surface area contributed by atoms with Crippen LogP contribution < -0.4 is 0 Å². The van der Waals surface area contributed by atoms with Crippen LogP contribution in [-0.2, 0) is 0 Å². The number of alkyl halides is 1. The maximum Gasteiger partial charge on any atom is 0.257 e. The second kappa shape index (κ2) is 5.49. The summed E-state index contributed by atoms with van der Waals surface area (Å²) in [6, 6.07) is 7.72. The van der Waals surface area contributed by atoms with Crippen LogP contribution in [0.4, 0.5) is 0 Å². The van der Waals surface area contributed by atoms with Gasteiger partial charge in [0, 0.05) is 18.5 Å². The van der Waals surface area contributed by atoms with Gasteiger partial charge in [-0.1, -0.05) is 31.0 Å². The Bertz CT molecular complexity index is 622. The number of furan rings is 1. The number of hydrogen-bond donors (Lipinski definition) is 0. The summed E-state index contributed by atoms with van der Waals surface area (Å²) in [7, 11) is 1.84. The molecule has 1 fully saturated rings. The van der Waals surface area contributed by atoms with Gasteiger partial charge in [0.2, 0.25) is 0 Å². The summed E-state index contributed by atoms with van der Waals surface area (Å²) in [5, 5.41) is 0.919. The molecule has 1 amide bonds. The van der Waals surface area contributed by atoms with E-state index in [4.69, 9.17) is 16.0 Å². The third-order valence-corrected chi connectivity index (χ3v) is 4.69. The first-order valence-electron chi connectivity index (χ1n) is 7.06.